The molecule has 1 aliphatic heterocycles. The van der Waals surface area contributed by atoms with Gasteiger partial charge in [-0.05, 0) is 36.3 Å². The van der Waals surface area contributed by atoms with Crippen LogP contribution in [0.4, 0.5) is 0 Å². The second kappa shape index (κ2) is 6.33. The van der Waals surface area contributed by atoms with E-state index in [0.717, 1.165) is 6.42 Å². The molecule has 1 nitrogen and oxygen atoms in total. The predicted molar refractivity (Wildman–Crippen MR) is 78.4 cm³/mol. The molecule has 0 spiro atoms. The predicted octanol–water partition coefficient (Wildman–Crippen LogP) is 4.54. The standard InChI is InChI=1S/C13H17Cl2NS/c1-2-13(16-10-5-6-17-8-10)9-3-4-11(14)12(15)7-9/h3-4,7,10,13,16H,2,5-6,8H2,1H3. The highest BCUT2D eigenvalue weighted by Gasteiger charge is 2.19. The topological polar surface area (TPSA) is 12.0 Å². The first-order valence-corrected chi connectivity index (χ1v) is 7.90. The molecular weight excluding hydrogens is 273 g/mol. The Morgan fingerprint density at radius 2 is 2.24 bits per heavy atom. The minimum atomic E-state index is 0.383. The average molecular weight is 290 g/mol. The number of hydrogen-bond donors (Lipinski definition) is 1. The quantitative estimate of drug-likeness (QED) is 0.873. The molecule has 2 rings (SSSR count). The number of thioether (sulfide) groups is 1. The SMILES string of the molecule is CCC(NC1CCSC1)c1ccc(Cl)c(Cl)c1. The Kier molecular flexibility index (Phi) is 5.04. The number of nitrogens with one attached hydrogen (secondary N) is 1. The molecule has 0 bridgehead atoms. The molecule has 2 atom stereocenters. The highest BCUT2D eigenvalue weighted by atomic mass is 35.5. The summed E-state index contributed by atoms with van der Waals surface area (Å²) < 4.78 is 0. The van der Waals surface area contributed by atoms with E-state index in [1.165, 1.54) is 23.5 Å². The number of hydrogen-bond acceptors (Lipinski definition) is 2. The Bertz CT molecular complexity index is 378. The zero-order valence-corrected chi connectivity index (χ0v) is 12.2. The molecule has 1 aliphatic rings. The van der Waals surface area contributed by atoms with Crippen molar-refractivity contribution in [3.8, 4) is 0 Å². The average Bonchev–Trinajstić information content (AvgIpc) is 2.82. The molecule has 2 unspecified atom stereocenters. The van der Waals surface area contributed by atoms with Gasteiger partial charge in [0.1, 0.15) is 0 Å². The van der Waals surface area contributed by atoms with Gasteiger partial charge in [0.25, 0.3) is 0 Å². The Balaban J connectivity index is 2.08. The van der Waals surface area contributed by atoms with Crippen molar-refractivity contribution in [2.45, 2.75) is 31.8 Å². The van der Waals surface area contributed by atoms with Gasteiger partial charge in [-0.2, -0.15) is 11.8 Å². The first kappa shape index (κ1) is 13.5. The van der Waals surface area contributed by atoms with Gasteiger partial charge in [-0.25, -0.2) is 0 Å². The molecule has 1 aromatic rings. The third kappa shape index (κ3) is 3.54. The van der Waals surface area contributed by atoms with Gasteiger partial charge in [-0.15, -0.1) is 0 Å². The van der Waals surface area contributed by atoms with Crippen molar-refractivity contribution in [3.63, 3.8) is 0 Å². The van der Waals surface area contributed by atoms with Gasteiger partial charge in [-0.3, -0.25) is 0 Å². The summed E-state index contributed by atoms with van der Waals surface area (Å²) in [6.07, 6.45) is 2.33. The highest BCUT2D eigenvalue weighted by molar-refractivity contribution is 7.99. The lowest BCUT2D eigenvalue weighted by Gasteiger charge is -2.22. The maximum atomic E-state index is 6.07. The van der Waals surface area contributed by atoms with E-state index in [9.17, 15) is 0 Å². The van der Waals surface area contributed by atoms with Crippen LogP contribution in [0.2, 0.25) is 10.0 Å². The van der Waals surface area contributed by atoms with Gasteiger partial charge >= 0.3 is 0 Å². The van der Waals surface area contributed by atoms with Crippen molar-refractivity contribution in [2.24, 2.45) is 0 Å². The summed E-state index contributed by atoms with van der Waals surface area (Å²) in [7, 11) is 0. The number of halogens is 2. The number of benzene rings is 1. The van der Waals surface area contributed by atoms with Crippen LogP contribution in [-0.2, 0) is 0 Å². The zero-order chi connectivity index (χ0) is 12.3. The molecule has 0 radical (unpaired) electrons. The third-order valence-corrected chi connectivity index (χ3v) is 5.02. The first-order chi connectivity index (χ1) is 8.20. The Labute approximate surface area is 117 Å². The molecule has 1 heterocycles. The van der Waals surface area contributed by atoms with Crippen LogP contribution >= 0.6 is 35.0 Å². The molecule has 0 saturated carbocycles. The van der Waals surface area contributed by atoms with Crippen LogP contribution in [-0.4, -0.2) is 17.5 Å². The van der Waals surface area contributed by atoms with Gasteiger partial charge in [0, 0.05) is 17.8 Å². The molecule has 1 aromatic carbocycles. The molecule has 4 heteroatoms. The smallest absolute Gasteiger partial charge is 0.0595 e. The molecule has 17 heavy (non-hydrogen) atoms. The van der Waals surface area contributed by atoms with Crippen LogP contribution in [0.5, 0.6) is 0 Å². The fraction of sp³-hybridized carbons (Fsp3) is 0.538. The zero-order valence-electron chi connectivity index (χ0n) is 9.88. The van der Waals surface area contributed by atoms with E-state index in [-0.39, 0.29) is 0 Å². The van der Waals surface area contributed by atoms with E-state index < -0.39 is 0 Å². The summed E-state index contributed by atoms with van der Waals surface area (Å²) >= 11 is 14.0. The minimum Gasteiger partial charge on any atom is -0.306 e. The van der Waals surface area contributed by atoms with Gasteiger partial charge in [-0.1, -0.05) is 36.2 Å². The monoisotopic (exact) mass is 289 g/mol. The lowest BCUT2D eigenvalue weighted by molar-refractivity contribution is 0.451. The van der Waals surface area contributed by atoms with Gasteiger partial charge < -0.3 is 5.32 Å². The lowest BCUT2D eigenvalue weighted by atomic mass is 10.0. The Hall–Kier alpha value is 0.110. The molecule has 1 fully saturated rings. The maximum absolute atomic E-state index is 6.07. The molecule has 0 amide bonds. The largest absolute Gasteiger partial charge is 0.306 e. The van der Waals surface area contributed by atoms with Gasteiger partial charge in [0.2, 0.25) is 0 Å². The summed E-state index contributed by atoms with van der Waals surface area (Å²) in [6.45, 7) is 2.20. The van der Waals surface area contributed by atoms with E-state index in [4.69, 9.17) is 23.2 Å². The summed E-state index contributed by atoms with van der Waals surface area (Å²) in [4.78, 5) is 0. The van der Waals surface area contributed by atoms with Gasteiger partial charge in [0.05, 0.1) is 10.0 Å². The molecule has 0 aliphatic carbocycles. The summed E-state index contributed by atoms with van der Waals surface area (Å²) in [6, 6.07) is 6.95. The van der Waals surface area contributed by atoms with Crippen molar-refractivity contribution >= 4 is 35.0 Å². The van der Waals surface area contributed by atoms with E-state index >= 15 is 0 Å². The van der Waals surface area contributed by atoms with Crippen molar-refractivity contribution in [1.29, 1.82) is 0 Å². The summed E-state index contributed by atoms with van der Waals surface area (Å²) in [5.41, 5.74) is 1.24. The van der Waals surface area contributed by atoms with E-state index in [0.29, 0.717) is 22.1 Å². The Morgan fingerprint density at radius 1 is 1.41 bits per heavy atom. The third-order valence-electron chi connectivity index (χ3n) is 3.12. The van der Waals surface area contributed by atoms with Crippen molar-refractivity contribution < 1.29 is 0 Å². The van der Waals surface area contributed by atoms with Crippen LogP contribution in [0.3, 0.4) is 0 Å². The van der Waals surface area contributed by atoms with Crippen LogP contribution < -0.4 is 5.32 Å². The second-order valence-electron chi connectivity index (χ2n) is 4.36. The molecule has 94 valence electrons. The van der Waals surface area contributed by atoms with Crippen molar-refractivity contribution in [1.82, 2.24) is 5.32 Å². The van der Waals surface area contributed by atoms with E-state index in [1.807, 2.05) is 23.9 Å². The van der Waals surface area contributed by atoms with Crippen LogP contribution in [0.1, 0.15) is 31.4 Å². The molecule has 0 aromatic heterocycles. The highest BCUT2D eigenvalue weighted by Crippen LogP contribution is 2.28. The van der Waals surface area contributed by atoms with Gasteiger partial charge in [0.15, 0.2) is 0 Å². The van der Waals surface area contributed by atoms with Crippen LogP contribution in [0, 0.1) is 0 Å². The van der Waals surface area contributed by atoms with Crippen molar-refractivity contribution in [2.75, 3.05) is 11.5 Å². The fourth-order valence-electron chi connectivity index (χ4n) is 2.13. The summed E-state index contributed by atoms with van der Waals surface area (Å²) in [5.74, 6) is 2.49. The maximum Gasteiger partial charge on any atom is 0.0595 e. The molecule has 1 N–H and O–H groups in total. The second-order valence-corrected chi connectivity index (χ2v) is 6.33. The lowest BCUT2D eigenvalue weighted by Crippen LogP contribution is -2.32. The van der Waals surface area contributed by atoms with Crippen molar-refractivity contribution in [3.05, 3.63) is 33.8 Å². The van der Waals surface area contributed by atoms with E-state index in [1.54, 1.807) is 0 Å². The van der Waals surface area contributed by atoms with Crippen LogP contribution in [0.25, 0.3) is 0 Å². The molecular formula is C13H17Cl2NS. The van der Waals surface area contributed by atoms with E-state index in [2.05, 4.69) is 18.3 Å². The minimum absolute atomic E-state index is 0.383. The normalized spacial score (nSPS) is 21.7. The molecule has 1 saturated heterocycles. The Morgan fingerprint density at radius 3 is 2.82 bits per heavy atom. The summed E-state index contributed by atoms with van der Waals surface area (Å²) in [5, 5.41) is 4.98. The first-order valence-electron chi connectivity index (χ1n) is 5.99. The fourth-order valence-corrected chi connectivity index (χ4v) is 3.60. The van der Waals surface area contributed by atoms with Crippen LogP contribution in [0.15, 0.2) is 18.2 Å². The number of rotatable bonds is 4.